The van der Waals surface area contributed by atoms with Gasteiger partial charge in [-0.25, -0.2) is 4.79 Å². The number of ether oxygens (including phenoxy) is 1. The minimum absolute atomic E-state index is 0.0551. The smallest absolute Gasteiger partial charge is 0.335 e. The van der Waals surface area contributed by atoms with Crippen LogP contribution in [0.25, 0.3) is 0 Å². The summed E-state index contributed by atoms with van der Waals surface area (Å²) in [5, 5.41) is 0.574. The molecule has 0 aromatic rings. The van der Waals surface area contributed by atoms with Crippen molar-refractivity contribution in [3.63, 3.8) is 0 Å². The van der Waals surface area contributed by atoms with Crippen molar-refractivity contribution in [1.82, 2.24) is 5.06 Å². The Bertz CT molecular complexity index is 553. The molecule has 8 heteroatoms. The summed E-state index contributed by atoms with van der Waals surface area (Å²) in [7, 11) is 6.12. The fourth-order valence-electron chi connectivity index (χ4n) is 3.01. The Morgan fingerprint density at radius 2 is 1.67 bits per heavy atom. The zero-order chi connectivity index (χ0) is 20.8. The molecule has 0 aromatic carbocycles. The Kier molecular flexibility index (Phi) is 8.56. The number of hydrogen-bond donors (Lipinski definition) is 0. The van der Waals surface area contributed by atoms with Crippen LogP contribution in [0.15, 0.2) is 0 Å². The summed E-state index contributed by atoms with van der Waals surface area (Å²) in [5.41, 5.74) is 0. The van der Waals surface area contributed by atoms with Gasteiger partial charge in [0.25, 0.3) is 11.8 Å². The summed E-state index contributed by atoms with van der Waals surface area (Å²) in [4.78, 5) is 51.6. The molecule has 27 heavy (non-hydrogen) atoms. The maximum absolute atomic E-state index is 12.1. The van der Waals surface area contributed by atoms with Crippen LogP contribution in [0.3, 0.4) is 0 Å². The second-order valence-corrected chi connectivity index (χ2v) is 8.57. The van der Waals surface area contributed by atoms with Gasteiger partial charge < -0.3 is 14.1 Å². The highest BCUT2D eigenvalue weighted by atomic mass is 16.7. The van der Waals surface area contributed by atoms with Crippen molar-refractivity contribution in [3.05, 3.63) is 0 Å². The summed E-state index contributed by atoms with van der Waals surface area (Å²) < 4.78 is 6.62. The molecule has 0 spiro atoms. The van der Waals surface area contributed by atoms with Crippen LogP contribution in [-0.4, -0.2) is 73.5 Å². The predicted molar refractivity (Wildman–Crippen MR) is 98.1 cm³/mol. The third-order valence-corrected chi connectivity index (χ3v) is 4.23. The van der Waals surface area contributed by atoms with Crippen LogP contribution < -0.4 is 0 Å². The van der Waals surface area contributed by atoms with E-state index in [1.54, 1.807) is 13.8 Å². The van der Waals surface area contributed by atoms with E-state index in [4.69, 9.17) is 9.57 Å². The lowest BCUT2D eigenvalue weighted by Crippen LogP contribution is -2.43. The number of carbonyl (C=O) groups excluding carboxylic acids is 4. The van der Waals surface area contributed by atoms with E-state index in [1.807, 2.05) is 28.1 Å². The van der Waals surface area contributed by atoms with Crippen molar-refractivity contribution in [3.8, 4) is 0 Å². The topological polar surface area (TPSA) is 90.0 Å². The maximum Gasteiger partial charge on any atom is 0.335 e. The monoisotopic (exact) mass is 385 g/mol. The average Bonchev–Trinajstić information content (AvgIpc) is 2.82. The number of Topliss-reactive ketones (excluding diaryl/α,β-unsaturated/α-hetero) is 1. The molecule has 1 saturated heterocycles. The maximum atomic E-state index is 12.1. The molecule has 8 nitrogen and oxygen atoms in total. The number of ketones is 1. The summed E-state index contributed by atoms with van der Waals surface area (Å²) in [5.74, 6) is -1.90. The van der Waals surface area contributed by atoms with E-state index in [2.05, 4.69) is 0 Å². The van der Waals surface area contributed by atoms with Crippen LogP contribution in [0.4, 0.5) is 0 Å². The number of quaternary nitrogens is 1. The molecule has 0 N–H and O–H groups in total. The summed E-state index contributed by atoms with van der Waals surface area (Å²) in [6, 6.07) is 0. The van der Waals surface area contributed by atoms with Crippen molar-refractivity contribution in [1.29, 1.82) is 0 Å². The third kappa shape index (κ3) is 8.62. The number of amides is 2. The fraction of sp³-hybridized carbons (Fsp3) is 0.789. The van der Waals surface area contributed by atoms with Crippen LogP contribution in [0.1, 0.15) is 46.5 Å². The molecule has 1 fully saturated rings. The van der Waals surface area contributed by atoms with Crippen molar-refractivity contribution < 1.29 is 33.2 Å². The van der Waals surface area contributed by atoms with Gasteiger partial charge in [-0.3, -0.25) is 14.4 Å². The first-order chi connectivity index (χ1) is 12.4. The van der Waals surface area contributed by atoms with E-state index in [9.17, 15) is 19.2 Å². The van der Waals surface area contributed by atoms with Crippen LogP contribution in [0.5, 0.6) is 0 Å². The lowest BCUT2D eigenvalue weighted by atomic mass is 9.98. The van der Waals surface area contributed by atoms with Gasteiger partial charge in [-0.2, -0.15) is 0 Å². The summed E-state index contributed by atoms with van der Waals surface area (Å²) in [6.07, 6.45) is 0.834. The number of carbonyl (C=O) groups is 4. The Labute approximate surface area is 161 Å². The zero-order valence-corrected chi connectivity index (χ0v) is 17.3. The molecule has 3 unspecified atom stereocenters. The average molecular weight is 385 g/mol. The molecule has 0 radical (unpaired) electrons. The van der Waals surface area contributed by atoms with E-state index in [0.717, 1.165) is 0 Å². The summed E-state index contributed by atoms with van der Waals surface area (Å²) >= 11 is 0. The van der Waals surface area contributed by atoms with Crippen LogP contribution in [0.2, 0.25) is 0 Å². The molecule has 1 heterocycles. The quantitative estimate of drug-likeness (QED) is 0.394. The molecular formula is C19H33N2O6+. The van der Waals surface area contributed by atoms with Crippen LogP contribution >= 0.6 is 0 Å². The molecule has 2 amide bonds. The van der Waals surface area contributed by atoms with E-state index < -0.39 is 23.7 Å². The van der Waals surface area contributed by atoms with Crippen molar-refractivity contribution in [2.45, 2.75) is 52.6 Å². The Balaban J connectivity index is 2.47. The molecular weight excluding hydrogens is 352 g/mol. The highest BCUT2D eigenvalue weighted by Gasteiger charge is 2.34. The van der Waals surface area contributed by atoms with E-state index in [-0.39, 0.29) is 30.6 Å². The molecule has 1 aliphatic rings. The second-order valence-electron chi connectivity index (χ2n) is 8.57. The number of imide groups is 1. The number of likely N-dealkylation sites (N-methyl/N-ethyl adjacent to an activating group) is 1. The van der Waals surface area contributed by atoms with Gasteiger partial charge in [-0.15, -0.1) is 5.06 Å². The first-order valence-electron chi connectivity index (χ1n) is 9.38. The minimum Gasteiger partial charge on any atom is -0.372 e. The predicted octanol–water partition coefficient (Wildman–Crippen LogP) is 1.33. The number of rotatable bonds is 11. The van der Waals surface area contributed by atoms with Gasteiger partial charge >= 0.3 is 5.97 Å². The van der Waals surface area contributed by atoms with Gasteiger partial charge in [0, 0.05) is 25.9 Å². The first kappa shape index (κ1) is 23.2. The Hall–Kier alpha value is -1.80. The molecule has 154 valence electrons. The van der Waals surface area contributed by atoms with Gasteiger partial charge in [0.2, 0.25) is 0 Å². The second kappa shape index (κ2) is 9.94. The highest BCUT2D eigenvalue weighted by molar-refractivity contribution is 6.01. The third-order valence-electron chi connectivity index (χ3n) is 4.23. The molecule has 1 rings (SSSR count). The lowest BCUT2D eigenvalue weighted by Gasteiger charge is -2.29. The van der Waals surface area contributed by atoms with Gasteiger partial charge in [-0.1, -0.05) is 13.8 Å². The molecule has 0 aliphatic carbocycles. The van der Waals surface area contributed by atoms with E-state index in [1.165, 1.54) is 0 Å². The van der Waals surface area contributed by atoms with Crippen molar-refractivity contribution in [2.24, 2.45) is 11.8 Å². The number of hydrogen-bond acceptors (Lipinski definition) is 6. The minimum atomic E-state index is -0.600. The van der Waals surface area contributed by atoms with Gasteiger partial charge in [0.05, 0.1) is 27.1 Å². The largest absolute Gasteiger partial charge is 0.372 e. The van der Waals surface area contributed by atoms with Crippen LogP contribution in [0, 0.1) is 11.8 Å². The van der Waals surface area contributed by atoms with Crippen molar-refractivity contribution >= 4 is 23.6 Å². The Morgan fingerprint density at radius 3 is 2.15 bits per heavy atom. The van der Waals surface area contributed by atoms with Gasteiger partial charge in [0.15, 0.2) is 0 Å². The van der Waals surface area contributed by atoms with E-state index in [0.29, 0.717) is 35.5 Å². The highest BCUT2D eigenvalue weighted by Crippen LogP contribution is 2.19. The number of nitrogens with zero attached hydrogens (tertiary/aromatic N) is 2. The van der Waals surface area contributed by atoms with Gasteiger partial charge in [0.1, 0.15) is 18.4 Å². The molecule has 1 aliphatic heterocycles. The molecule has 0 saturated carbocycles. The first-order valence-corrected chi connectivity index (χ1v) is 9.38. The zero-order valence-electron chi connectivity index (χ0n) is 17.3. The normalized spacial score (nSPS) is 18.4. The molecule has 0 bridgehead atoms. The fourth-order valence-corrected chi connectivity index (χ4v) is 3.01. The number of hydroxylamine groups is 2. The lowest BCUT2D eigenvalue weighted by molar-refractivity contribution is -0.873. The van der Waals surface area contributed by atoms with Gasteiger partial charge in [-0.05, 0) is 19.3 Å². The Morgan fingerprint density at radius 1 is 1.11 bits per heavy atom. The SMILES string of the molecule is CC(=O)CC(C[N+](C)(C)C)OCC(C)CC(C)C(=O)ON1C(=O)CCC1=O. The van der Waals surface area contributed by atoms with Crippen LogP contribution in [-0.2, 0) is 28.8 Å². The van der Waals surface area contributed by atoms with Crippen molar-refractivity contribution in [2.75, 3.05) is 34.3 Å². The summed E-state index contributed by atoms with van der Waals surface area (Å²) in [6.45, 7) is 6.32. The molecule has 3 atom stereocenters. The van der Waals surface area contributed by atoms with E-state index >= 15 is 0 Å². The standard InChI is InChI=1S/C19H33N2O6/c1-13(12-26-16(10-15(3)22)11-21(4,5)6)9-14(2)19(25)27-20-17(23)7-8-18(20)24/h13-14,16H,7-12H2,1-6H3/q+1. The molecule has 0 aromatic heterocycles.